The van der Waals surface area contributed by atoms with Crippen LogP contribution in [0.25, 0.3) is 5.65 Å². The fraction of sp³-hybridized carbons (Fsp3) is 0.364. The van der Waals surface area contributed by atoms with E-state index in [0.717, 1.165) is 37.8 Å². The minimum atomic E-state index is -0.325. The molecule has 1 N–H and O–H groups in total. The summed E-state index contributed by atoms with van der Waals surface area (Å²) in [5.41, 5.74) is 1.60. The average molecular weight is 424 g/mol. The first-order valence-corrected chi connectivity index (χ1v) is 10.6. The summed E-state index contributed by atoms with van der Waals surface area (Å²) in [4.78, 5) is 32.0. The average Bonchev–Trinajstić information content (AvgIpc) is 3.32. The minimum Gasteiger partial charge on any atom is -0.348 e. The molecule has 1 spiro atoms. The number of nitrogens with one attached hydrogen (secondary N) is 1. The summed E-state index contributed by atoms with van der Waals surface area (Å²) in [5.74, 6) is 0.000907. The second-order valence-electron chi connectivity index (χ2n) is 8.15. The van der Waals surface area contributed by atoms with Crippen molar-refractivity contribution in [3.05, 3.63) is 59.5 Å². The topological polar surface area (TPSA) is 79.6 Å². The van der Waals surface area contributed by atoms with Crippen LogP contribution in [0.1, 0.15) is 42.6 Å². The molecule has 2 amide bonds. The number of hydrogen-bond donors (Lipinski definition) is 1. The van der Waals surface area contributed by atoms with Crippen molar-refractivity contribution in [2.24, 2.45) is 5.41 Å². The van der Waals surface area contributed by atoms with Gasteiger partial charge in [-0.2, -0.15) is 5.10 Å². The number of amides is 2. The first kappa shape index (κ1) is 19.1. The Morgan fingerprint density at radius 3 is 2.80 bits per heavy atom. The second-order valence-corrected chi connectivity index (χ2v) is 8.59. The second kappa shape index (κ2) is 7.40. The van der Waals surface area contributed by atoms with Gasteiger partial charge in [-0.25, -0.2) is 9.50 Å². The number of nitrogens with zero attached hydrogens (tertiary/aromatic N) is 4. The number of halogens is 1. The summed E-state index contributed by atoms with van der Waals surface area (Å²) >= 11 is 6.11. The quantitative estimate of drug-likeness (QED) is 0.699. The molecule has 3 aromatic rings. The standard InChI is InChI=1S/C22H22ClN5O2/c23-15-3-1-4-17(13-15)27-12-10-22(21(27)30)8-6-16(7-9-22)26-20(29)18-14-24-19-5-2-11-25-28(18)19/h1-5,11,13-14,16H,6-10,12H2,(H,26,29)/t16-,22-. The van der Waals surface area contributed by atoms with Crippen LogP contribution in [0.2, 0.25) is 5.02 Å². The van der Waals surface area contributed by atoms with E-state index in [9.17, 15) is 9.59 Å². The minimum absolute atomic E-state index is 0.0467. The van der Waals surface area contributed by atoms with Crippen LogP contribution in [0, 0.1) is 5.41 Å². The summed E-state index contributed by atoms with van der Waals surface area (Å²) in [5, 5.41) is 7.94. The molecule has 0 radical (unpaired) electrons. The van der Waals surface area contributed by atoms with Gasteiger partial charge in [0.2, 0.25) is 5.91 Å². The molecule has 1 aliphatic heterocycles. The molecule has 3 heterocycles. The zero-order chi connectivity index (χ0) is 20.7. The van der Waals surface area contributed by atoms with Gasteiger partial charge in [-0.15, -0.1) is 0 Å². The van der Waals surface area contributed by atoms with Gasteiger partial charge in [0.1, 0.15) is 5.69 Å². The van der Waals surface area contributed by atoms with E-state index < -0.39 is 0 Å². The smallest absolute Gasteiger partial charge is 0.271 e. The van der Waals surface area contributed by atoms with E-state index in [0.29, 0.717) is 22.9 Å². The molecule has 7 nitrogen and oxygen atoms in total. The maximum atomic E-state index is 13.2. The Hall–Kier alpha value is -2.93. The molecule has 0 atom stereocenters. The Kier molecular flexibility index (Phi) is 4.70. The fourth-order valence-corrected chi connectivity index (χ4v) is 4.92. The van der Waals surface area contributed by atoms with Crippen LogP contribution >= 0.6 is 11.6 Å². The lowest BCUT2D eigenvalue weighted by molar-refractivity contribution is -0.127. The van der Waals surface area contributed by atoms with E-state index in [-0.39, 0.29) is 23.3 Å². The molecular weight excluding hydrogens is 402 g/mol. The molecule has 0 bridgehead atoms. The Bertz CT molecular complexity index is 1120. The van der Waals surface area contributed by atoms with Gasteiger partial charge in [0.25, 0.3) is 5.91 Å². The molecule has 2 aliphatic rings. The van der Waals surface area contributed by atoms with Crippen LogP contribution in [0.5, 0.6) is 0 Å². The fourth-order valence-electron chi connectivity index (χ4n) is 4.73. The maximum absolute atomic E-state index is 13.2. The van der Waals surface area contributed by atoms with Gasteiger partial charge < -0.3 is 10.2 Å². The third kappa shape index (κ3) is 3.23. The Morgan fingerprint density at radius 1 is 1.17 bits per heavy atom. The summed E-state index contributed by atoms with van der Waals surface area (Å²) in [6, 6.07) is 11.1. The van der Waals surface area contributed by atoms with Crippen LogP contribution in [-0.4, -0.2) is 39.0 Å². The number of imidazole rings is 1. The number of hydrogen-bond acceptors (Lipinski definition) is 4. The first-order chi connectivity index (χ1) is 14.6. The predicted octanol–water partition coefficient (Wildman–Crippen LogP) is 3.48. The van der Waals surface area contributed by atoms with E-state index in [1.807, 2.05) is 35.2 Å². The summed E-state index contributed by atoms with van der Waals surface area (Å²) in [7, 11) is 0. The Balaban J connectivity index is 1.24. The number of fused-ring (bicyclic) bond motifs is 1. The van der Waals surface area contributed by atoms with Crippen molar-refractivity contribution in [3.63, 3.8) is 0 Å². The van der Waals surface area contributed by atoms with Crippen LogP contribution in [0.4, 0.5) is 5.69 Å². The third-order valence-corrected chi connectivity index (χ3v) is 6.66. The monoisotopic (exact) mass is 423 g/mol. The van der Waals surface area contributed by atoms with E-state index in [2.05, 4.69) is 15.4 Å². The van der Waals surface area contributed by atoms with Crippen molar-refractivity contribution in [2.75, 3.05) is 11.4 Å². The van der Waals surface area contributed by atoms with Gasteiger partial charge in [-0.3, -0.25) is 9.59 Å². The normalized spacial score (nSPS) is 24.0. The van der Waals surface area contributed by atoms with Gasteiger partial charge in [-0.05, 0) is 62.4 Å². The SMILES string of the molecule is O=C(N[C@H]1CC[C@@]2(CCN(c3cccc(Cl)c3)C2=O)CC1)c1cnc2cccnn12. The van der Waals surface area contributed by atoms with E-state index in [4.69, 9.17) is 11.6 Å². The molecule has 1 saturated heterocycles. The zero-order valence-electron chi connectivity index (χ0n) is 16.4. The molecule has 1 aliphatic carbocycles. The lowest BCUT2D eigenvalue weighted by Crippen LogP contribution is -2.44. The van der Waals surface area contributed by atoms with E-state index in [1.54, 1.807) is 23.0 Å². The van der Waals surface area contributed by atoms with Gasteiger partial charge in [0.05, 0.1) is 11.6 Å². The van der Waals surface area contributed by atoms with Crippen LogP contribution in [0.3, 0.4) is 0 Å². The summed E-state index contributed by atoms with van der Waals surface area (Å²) in [6.45, 7) is 0.712. The number of rotatable bonds is 3. The largest absolute Gasteiger partial charge is 0.348 e. The molecule has 1 aromatic carbocycles. The molecule has 2 aromatic heterocycles. The molecule has 8 heteroatoms. The van der Waals surface area contributed by atoms with Gasteiger partial charge in [-0.1, -0.05) is 17.7 Å². The molecule has 0 unspecified atom stereocenters. The highest BCUT2D eigenvalue weighted by Crippen LogP contribution is 2.46. The Labute approximate surface area is 179 Å². The van der Waals surface area contributed by atoms with Crippen LogP contribution < -0.4 is 10.2 Å². The molecule has 154 valence electrons. The van der Waals surface area contributed by atoms with Crippen molar-refractivity contribution < 1.29 is 9.59 Å². The third-order valence-electron chi connectivity index (χ3n) is 6.42. The van der Waals surface area contributed by atoms with Crippen LogP contribution in [-0.2, 0) is 4.79 Å². The number of carbonyl (C=O) groups excluding carboxylic acids is 2. The van der Waals surface area contributed by atoms with Crippen molar-refractivity contribution in [3.8, 4) is 0 Å². The van der Waals surface area contributed by atoms with Crippen LogP contribution in [0.15, 0.2) is 48.8 Å². The highest BCUT2D eigenvalue weighted by atomic mass is 35.5. The zero-order valence-corrected chi connectivity index (χ0v) is 17.2. The van der Waals surface area contributed by atoms with Crippen molar-refractivity contribution in [2.45, 2.75) is 38.1 Å². The predicted molar refractivity (Wildman–Crippen MR) is 114 cm³/mol. The number of anilines is 1. The molecule has 30 heavy (non-hydrogen) atoms. The van der Waals surface area contributed by atoms with Crippen molar-refractivity contribution in [1.82, 2.24) is 19.9 Å². The van der Waals surface area contributed by atoms with E-state index in [1.165, 1.54) is 0 Å². The lowest BCUT2D eigenvalue weighted by atomic mass is 9.71. The number of carbonyl (C=O) groups is 2. The highest BCUT2D eigenvalue weighted by Gasteiger charge is 2.48. The first-order valence-electron chi connectivity index (χ1n) is 10.2. The maximum Gasteiger partial charge on any atom is 0.271 e. The van der Waals surface area contributed by atoms with Gasteiger partial charge in [0.15, 0.2) is 5.65 Å². The Morgan fingerprint density at radius 2 is 2.00 bits per heavy atom. The van der Waals surface area contributed by atoms with Crippen molar-refractivity contribution in [1.29, 1.82) is 0 Å². The molecular formula is C22H22ClN5O2. The molecule has 5 rings (SSSR count). The molecule has 1 saturated carbocycles. The van der Waals surface area contributed by atoms with Gasteiger partial charge >= 0.3 is 0 Å². The van der Waals surface area contributed by atoms with Gasteiger partial charge in [0, 0.05) is 29.5 Å². The summed E-state index contributed by atoms with van der Waals surface area (Å²) < 4.78 is 1.54. The lowest BCUT2D eigenvalue weighted by Gasteiger charge is -2.36. The number of benzene rings is 1. The van der Waals surface area contributed by atoms with Crippen molar-refractivity contribution >= 4 is 34.7 Å². The van der Waals surface area contributed by atoms with E-state index >= 15 is 0 Å². The molecule has 2 fully saturated rings. The number of aromatic nitrogens is 3. The summed E-state index contributed by atoms with van der Waals surface area (Å²) in [6.07, 6.45) is 7.14. The highest BCUT2D eigenvalue weighted by molar-refractivity contribution is 6.31.